The zero-order valence-electron chi connectivity index (χ0n) is 24.0. The predicted octanol–water partition coefficient (Wildman–Crippen LogP) is 6.06. The molecule has 3 aromatic rings. The van der Waals surface area contributed by atoms with E-state index in [2.05, 4.69) is 52.4 Å². The third-order valence-corrected chi connectivity index (χ3v) is 9.04. The van der Waals surface area contributed by atoms with Crippen molar-refractivity contribution in [3.05, 3.63) is 47.5 Å². The Bertz CT molecular complexity index is 1340. The number of rotatable bonds is 11. The van der Waals surface area contributed by atoms with Gasteiger partial charge in [-0.2, -0.15) is 0 Å². The van der Waals surface area contributed by atoms with Crippen molar-refractivity contribution in [1.29, 1.82) is 0 Å². The minimum Gasteiger partial charge on any atom is -0.346 e. The Morgan fingerprint density at radius 2 is 1.95 bits per heavy atom. The van der Waals surface area contributed by atoms with Crippen LogP contribution in [0.2, 0.25) is 0 Å². The van der Waals surface area contributed by atoms with Gasteiger partial charge in [-0.05, 0) is 95.3 Å². The Morgan fingerprint density at radius 1 is 1.15 bits per heavy atom. The van der Waals surface area contributed by atoms with Crippen LogP contribution in [0.3, 0.4) is 0 Å². The lowest BCUT2D eigenvalue weighted by Crippen LogP contribution is -2.36. The van der Waals surface area contributed by atoms with Crippen molar-refractivity contribution in [2.75, 3.05) is 20.1 Å². The molecule has 7 nitrogen and oxygen atoms in total. The first-order chi connectivity index (χ1) is 18.8. The number of Topliss-reactive ketones (excluding diaryl/α,β-unsaturated/α-hetero) is 1. The highest BCUT2D eigenvalue weighted by atomic mass is 16.2. The summed E-state index contributed by atoms with van der Waals surface area (Å²) in [5.74, 6) is 1.42. The third-order valence-electron chi connectivity index (χ3n) is 9.04. The molecule has 0 bridgehead atoms. The molecule has 0 unspecified atom stereocenters. The lowest BCUT2D eigenvalue weighted by atomic mass is 9.91. The fourth-order valence-corrected chi connectivity index (χ4v) is 6.23. The molecule has 2 aromatic heterocycles. The molecule has 5 rings (SSSR count). The monoisotopic (exact) mass is 529 g/mol. The number of nitrogens with one attached hydrogen (secondary N) is 2. The zero-order valence-corrected chi connectivity index (χ0v) is 24.0. The van der Waals surface area contributed by atoms with Crippen LogP contribution in [-0.4, -0.2) is 51.7 Å². The molecule has 1 aliphatic carbocycles. The average Bonchev–Trinajstić information content (AvgIpc) is 3.40. The van der Waals surface area contributed by atoms with Crippen molar-refractivity contribution in [2.24, 2.45) is 11.3 Å². The fraction of sp³-hybridized carbons (Fsp3) is 0.562. The van der Waals surface area contributed by atoms with Crippen molar-refractivity contribution in [1.82, 2.24) is 25.2 Å². The summed E-state index contributed by atoms with van der Waals surface area (Å²) in [5, 5.41) is 4.48. The van der Waals surface area contributed by atoms with Crippen LogP contribution in [0.5, 0.6) is 0 Å². The van der Waals surface area contributed by atoms with E-state index in [1.807, 2.05) is 26.1 Å². The molecule has 208 valence electrons. The van der Waals surface area contributed by atoms with Gasteiger partial charge in [0.1, 0.15) is 11.6 Å². The number of carbonyl (C=O) groups excluding carboxylic acids is 2. The van der Waals surface area contributed by atoms with Crippen LogP contribution >= 0.6 is 0 Å². The molecule has 2 atom stereocenters. The van der Waals surface area contributed by atoms with Gasteiger partial charge < -0.3 is 15.2 Å². The average molecular weight is 530 g/mol. The number of H-pyrrole nitrogens is 1. The van der Waals surface area contributed by atoms with E-state index in [0.29, 0.717) is 18.6 Å². The van der Waals surface area contributed by atoms with Gasteiger partial charge >= 0.3 is 0 Å². The molecular weight excluding hydrogens is 486 g/mol. The van der Waals surface area contributed by atoms with E-state index in [0.717, 1.165) is 97.3 Å². The maximum absolute atomic E-state index is 13.4. The summed E-state index contributed by atoms with van der Waals surface area (Å²) in [6.45, 7) is 8.18. The Balaban J connectivity index is 1.31. The second-order valence-corrected chi connectivity index (χ2v) is 12.0. The van der Waals surface area contributed by atoms with Crippen molar-refractivity contribution < 1.29 is 9.59 Å². The molecule has 1 spiro atoms. The van der Waals surface area contributed by atoms with E-state index < -0.39 is 0 Å². The van der Waals surface area contributed by atoms with Crippen LogP contribution in [0, 0.1) is 25.2 Å². The minimum atomic E-state index is -0.165. The summed E-state index contributed by atoms with van der Waals surface area (Å²) in [4.78, 5) is 40.5. The molecule has 7 heteroatoms. The largest absolute Gasteiger partial charge is 0.346 e. The van der Waals surface area contributed by atoms with E-state index in [9.17, 15) is 9.59 Å². The zero-order chi connectivity index (χ0) is 27.6. The number of aromatic nitrogens is 3. The second-order valence-electron chi connectivity index (χ2n) is 12.0. The number of likely N-dealkylation sites (tertiary alicyclic amines) is 1. The SMILES string of the molecule is CCC(=O)CCCCC[C@H](NC(=O)[C@H]1CC12CCN(C)CC2)c1ncc(-c2cc3ccc(C)nc3cc2C)[nH]1. The topological polar surface area (TPSA) is 91.0 Å². The van der Waals surface area contributed by atoms with Gasteiger partial charge in [0.15, 0.2) is 0 Å². The number of carbonyl (C=O) groups is 2. The van der Waals surface area contributed by atoms with Crippen LogP contribution in [0.1, 0.15) is 87.8 Å². The fourth-order valence-electron chi connectivity index (χ4n) is 6.23. The lowest BCUT2D eigenvalue weighted by Gasteiger charge is -2.30. The first-order valence-corrected chi connectivity index (χ1v) is 14.7. The van der Waals surface area contributed by atoms with Gasteiger partial charge in [-0.1, -0.05) is 25.8 Å². The van der Waals surface area contributed by atoms with Crippen LogP contribution in [-0.2, 0) is 9.59 Å². The van der Waals surface area contributed by atoms with Crippen LogP contribution in [0.15, 0.2) is 30.5 Å². The van der Waals surface area contributed by atoms with E-state index in [1.54, 1.807) is 0 Å². The number of piperidine rings is 1. The standard InChI is InChI=1S/C32H43N5O2/c1-5-24(38)9-7-6-8-10-27(36-31(39)26-19-32(26)13-15-37(4)16-14-32)30-33-20-29(35-30)25-18-23-12-11-22(3)34-28(23)17-21(25)2/h11-12,17-18,20,26-27H,5-10,13-16,19H2,1-4H3,(H,33,35)(H,36,39)/t26-,27+/m1/s1. The molecular formula is C32H43N5O2. The number of fused-ring (bicyclic) bond motifs is 1. The lowest BCUT2D eigenvalue weighted by molar-refractivity contribution is -0.124. The molecule has 2 fully saturated rings. The van der Waals surface area contributed by atoms with Crippen LogP contribution in [0.4, 0.5) is 0 Å². The minimum absolute atomic E-state index is 0.115. The highest BCUT2D eigenvalue weighted by molar-refractivity contribution is 5.86. The molecule has 0 radical (unpaired) electrons. The number of hydrogen-bond acceptors (Lipinski definition) is 5. The molecule has 1 aromatic carbocycles. The first kappa shape index (κ1) is 27.5. The molecule has 2 N–H and O–H groups in total. The van der Waals surface area contributed by atoms with Gasteiger partial charge in [0.05, 0.1) is 23.4 Å². The summed E-state index contributed by atoms with van der Waals surface area (Å²) in [7, 11) is 2.16. The molecule has 1 aliphatic heterocycles. The van der Waals surface area contributed by atoms with Gasteiger partial charge in [-0.15, -0.1) is 0 Å². The van der Waals surface area contributed by atoms with Crippen molar-refractivity contribution in [3.8, 4) is 11.3 Å². The number of amides is 1. The summed E-state index contributed by atoms with van der Waals surface area (Å²) in [6.07, 6.45) is 9.99. The van der Waals surface area contributed by atoms with Gasteiger partial charge in [-0.3, -0.25) is 14.6 Å². The van der Waals surface area contributed by atoms with Crippen molar-refractivity contribution in [2.45, 2.75) is 84.6 Å². The van der Waals surface area contributed by atoms with Crippen LogP contribution < -0.4 is 5.32 Å². The molecule has 1 saturated heterocycles. The normalized spacial score (nSPS) is 19.3. The van der Waals surface area contributed by atoms with E-state index in [-0.39, 0.29) is 23.3 Å². The third kappa shape index (κ3) is 6.24. The predicted molar refractivity (Wildman–Crippen MR) is 155 cm³/mol. The van der Waals surface area contributed by atoms with E-state index in [1.165, 1.54) is 0 Å². The van der Waals surface area contributed by atoms with Gasteiger partial charge in [-0.25, -0.2) is 4.98 Å². The maximum Gasteiger partial charge on any atom is 0.224 e. The number of unbranched alkanes of at least 4 members (excludes halogenated alkanes) is 2. The molecule has 3 heterocycles. The van der Waals surface area contributed by atoms with E-state index in [4.69, 9.17) is 4.98 Å². The summed E-state index contributed by atoms with van der Waals surface area (Å²) >= 11 is 0. The number of imidazole rings is 1. The Labute approximate surface area is 232 Å². The van der Waals surface area contributed by atoms with Crippen molar-refractivity contribution >= 4 is 22.6 Å². The second kappa shape index (κ2) is 11.6. The summed E-state index contributed by atoms with van der Waals surface area (Å²) in [6, 6.07) is 8.28. The smallest absolute Gasteiger partial charge is 0.224 e. The molecule has 1 amide bonds. The number of nitrogens with zero attached hydrogens (tertiary/aromatic N) is 3. The summed E-state index contributed by atoms with van der Waals surface area (Å²) in [5.41, 5.74) is 5.39. The first-order valence-electron chi connectivity index (χ1n) is 14.7. The number of benzene rings is 1. The maximum atomic E-state index is 13.4. The Kier molecular flexibility index (Phi) is 8.17. The molecule has 39 heavy (non-hydrogen) atoms. The molecule has 2 aliphatic rings. The Morgan fingerprint density at radius 3 is 2.72 bits per heavy atom. The van der Waals surface area contributed by atoms with Crippen LogP contribution in [0.25, 0.3) is 22.2 Å². The van der Waals surface area contributed by atoms with Gasteiger partial charge in [0.2, 0.25) is 5.91 Å². The highest BCUT2D eigenvalue weighted by Gasteiger charge is 2.58. The number of ketones is 1. The number of hydrogen-bond donors (Lipinski definition) is 2. The van der Waals surface area contributed by atoms with Crippen molar-refractivity contribution in [3.63, 3.8) is 0 Å². The van der Waals surface area contributed by atoms with E-state index >= 15 is 0 Å². The Hall–Kier alpha value is -3.06. The molecule has 1 saturated carbocycles. The number of pyridine rings is 1. The van der Waals surface area contributed by atoms with Gasteiger partial charge in [0.25, 0.3) is 0 Å². The quantitative estimate of drug-likeness (QED) is 0.295. The number of aromatic amines is 1. The highest BCUT2D eigenvalue weighted by Crippen LogP contribution is 2.59. The number of aryl methyl sites for hydroxylation is 2. The van der Waals surface area contributed by atoms with Gasteiger partial charge in [0, 0.05) is 35.4 Å². The summed E-state index contributed by atoms with van der Waals surface area (Å²) < 4.78 is 0.